The lowest BCUT2D eigenvalue weighted by atomic mass is 10.2. The van der Waals surface area contributed by atoms with E-state index in [0.29, 0.717) is 37.7 Å². The van der Waals surface area contributed by atoms with E-state index in [1.807, 2.05) is 6.07 Å². The third kappa shape index (κ3) is 4.71. The Morgan fingerprint density at radius 2 is 2.16 bits per heavy atom. The highest BCUT2D eigenvalue weighted by molar-refractivity contribution is 7.20. The fourth-order valence-corrected chi connectivity index (χ4v) is 4.16. The Balaban J connectivity index is 2.00. The summed E-state index contributed by atoms with van der Waals surface area (Å²) in [6.45, 7) is 3.53. The van der Waals surface area contributed by atoms with Gasteiger partial charge in [-0.15, -0.1) is 11.3 Å². The SMILES string of the molecule is CCOC(=O)c1sc2nc(C(Cl)=Cc3ccc(OCC#N)c(OC)c3)[nH]c(=O)c2c1C. The summed E-state index contributed by atoms with van der Waals surface area (Å²) >= 11 is 7.50. The van der Waals surface area contributed by atoms with Gasteiger partial charge in [0.1, 0.15) is 15.8 Å². The van der Waals surface area contributed by atoms with Crippen LogP contribution in [0, 0.1) is 18.3 Å². The first-order chi connectivity index (χ1) is 14.9. The average molecular weight is 460 g/mol. The zero-order chi connectivity index (χ0) is 22.5. The minimum absolute atomic E-state index is 0.106. The van der Waals surface area contributed by atoms with Crippen molar-refractivity contribution in [3.8, 4) is 17.6 Å². The van der Waals surface area contributed by atoms with Gasteiger partial charge in [-0.25, -0.2) is 9.78 Å². The van der Waals surface area contributed by atoms with Crippen molar-refractivity contribution < 1.29 is 19.0 Å². The molecule has 0 aliphatic heterocycles. The molecule has 0 amide bonds. The van der Waals surface area contributed by atoms with Crippen molar-refractivity contribution in [2.75, 3.05) is 20.3 Å². The van der Waals surface area contributed by atoms with Crippen LogP contribution in [0.3, 0.4) is 0 Å². The van der Waals surface area contributed by atoms with Crippen LogP contribution in [0.5, 0.6) is 11.5 Å². The quantitative estimate of drug-likeness (QED) is 0.528. The summed E-state index contributed by atoms with van der Waals surface area (Å²) in [6.07, 6.45) is 1.61. The van der Waals surface area contributed by atoms with Crippen molar-refractivity contribution in [2.24, 2.45) is 0 Å². The highest BCUT2D eigenvalue weighted by atomic mass is 35.5. The van der Waals surface area contributed by atoms with Crippen molar-refractivity contribution in [3.05, 3.63) is 50.4 Å². The molecule has 0 aliphatic carbocycles. The second-order valence-electron chi connectivity index (χ2n) is 6.22. The van der Waals surface area contributed by atoms with E-state index in [0.717, 1.165) is 11.3 Å². The van der Waals surface area contributed by atoms with E-state index in [4.69, 9.17) is 31.1 Å². The van der Waals surface area contributed by atoms with Gasteiger partial charge < -0.3 is 19.2 Å². The van der Waals surface area contributed by atoms with E-state index >= 15 is 0 Å². The molecule has 3 aromatic rings. The number of thiophene rings is 1. The fraction of sp³-hybridized carbons (Fsp3) is 0.238. The number of aromatic amines is 1. The number of nitriles is 1. The third-order valence-electron chi connectivity index (χ3n) is 4.26. The van der Waals surface area contributed by atoms with Crippen LogP contribution in [0.1, 0.15) is 33.5 Å². The third-order valence-corrected chi connectivity index (χ3v) is 5.71. The molecule has 31 heavy (non-hydrogen) atoms. The number of halogens is 1. The lowest BCUT2D eigenvalue weighted by Crippen LogP contribution is -2.11. The molecule has 160 valence electrons. The maximum Gasteiger partial charge on any atom is 0.348 e. The van der Waals surface area contributed by atoms with Gasteiger partial charge in [-0.1, -0.05) is 17.7 Å². The number of carbonyl (C=O) groups excluding carboxylic acids is 1. The van der Waals surface area contributed by atoms with Crippen LogP contribution in [0.25, 0.3) is 21.3 Å². The molecule has 0 fully saturated rings. The van der Waals surface area contributed by atoms with Crippen LogP contribution < -0.4 is 15.0 Å². The molecule has 2 heterocycles. The van der Waals surface area contributed by atoms with Crippen molar-refractivity contribution in [1.29, 1.82) is 5.26 Å². The number of nitrogens with one attached hydrogen (secondary N) is 1. The predicted molar refractivity (Wildman–Crippen MR) is 119 cm³/mol. The molecular weight excluding hydrogens is 442 g/mol. The van der Waals surface area contributed by atoms with Gasteiger partial charge in [-0.2, -0.15) is 5.26 Å². The van der Waals surface area contributed by atoms with Crippen molar-refractivity contribution in [1.82, 2.24) is 9.97 Å². The normalized spacial score (nSPS) is 11.3. The summed E-state index contributed by atoms with van der Waals surface area (Å²) in [6, 6.07) is 6.95. The number of aryl methyl sites for hydroxylation is 1. The van der Waals surface area contributed by atoms with Gasteiger partial charge in [-0.05, 0) is 43.2 Å². The number of methoxy groups -OCH3 is 1. The number of H-pyrrole nitrogens is 1. The topological polar surface area (TPSA) is 114 Å². The Labute approximate surface area is 186 Å². The number of aromatic nitrogens is 2. The molecule has 0 saturated carbocycles. The molecule has 2 aromatic heterocycles. The molecule has 3 rings (SSSR count). The Bertz CT molecular complexity index is 1270. The van der Waals surface area contributed by atoms with Gasteiger partial charge >= 0.3 is 5.97 Å². The standard InChI is InChI=1S/C21H18ClN3O5S/c1-4-29-21(27)17-11(2)16-19(26)24-18(25-20(16)31-17)13(22)9-12-5-6-14(30-8-7-23)15(10-12)28-3/h5-6,9-10H,4,8H2,1-3H3,(H,24,25,26). The van der Waals surface area contributed by atoms with Crippen LogP contribution in [0.2, 0.25) is 0 Å². The second-order valence-corrected chi connectivity index (χ2v) is 7.63. The number of hydrogen-bond acceptors (Lipinski definition) is 8. The maximum absolute atomic E-state index is 12.6. The summed E-state index contributed by atoms with van der Waals surface area (Å²) in [5.74, 6) is 0.528. The molecule has 1 N–H and O–H groups in total. The number of ether oxygens (including phenoxy) is 3. The van der Waals surface area contributed by atoms with Gasteiger partial charge in [0.15, 0.2) is 23.9 Å². The largest absolute Gasteiger partial charge is 0.493 e. The molecule has 1 aromatic carbocycles. The summed E-state index contributed by atoms with van der Waals surface area (Å²) in [7, 11) is 1.48. The first-order valence-corrected chi connectivity index (χ1v) is 10.3. The number of benzene rings is 1. The van der Waals surface area contributed by atoms with Crippen LogP contribution >= 0.6 is 22.9 Å². The predicted octanol–water partition coefficient (Wildman–Crippen LogP) is 4.12. The zero-order valence-corrected chi connectivity index (χ0v) is 18.5. The Hall–Kier alpha value is -3.35. The molecule has 0 bridgehead atoms. The van der Waals surface area contributed by atoms with Crippen LogP contribution in [0.15, 0.2) is 23.0 Å². The first kappa shape index (κ1) is 22.3. The average Bonchev–Trinajstić information content (AvgIpc) is 3.09. The number of rotatable bonds is 7. The van der Waals surface area contributed by atoms with E-state index in [-0.39, 0.29) is 24.1 Å². The molecule has 10 heteroatoms. The highest BCUT2D eigenvalue weighted by Crippen LogP contribution is 2.31. The highest BCUT2D eigenvalue weighted by Gasteiger charge is 2.20. The lowest BCUT2D eigenvalue weighted by Gasteiger charge is -2.09. The molecular formula is C21H18ClN3O5S. The van der Waals surface area contributed by atoms with Gasteiger partial charge in [0.25, 0.3) is 5.56 Å². The van der Waals surface area contributed by atoms with Crippen LogP contribution in [0.4, 0.5) is 0 Å². The van der Waals surface area contributed by atoms with E-state index in [1.54, 1.807) is 38.1 Å². The summed E-state index contributed by atoms with van der Waals surface area (Å²) in [5, 5.41) is 9.19. The summed E-state index contributed by atoms with van der Waals surface area (Å²) in [4.78, 5) is 32.6. The lowest BCUT2D eigenvalue weighted by molar-refractivity contribution is 0.0531. The van der Waals surface area contributed by atoms with Crippen molar-refractivity contribution >= 4 is 50.2 Å². The maximum atomic E-state index is 12.6. The first-order valence-electron chi connectivity index (χ1n) is 9.15. The van der Waals surface area contributed by atoms with Crippen LogP contribution in [-0.2, 0) is 4.74 Å². The summed E-state index contributed by atoms with van der Waals surface area (Å²) in [5.41, 5.74) is 0.800. The molecule has 0 unspecified atom stereocenters. The molecule has 0 spiro atoms. The van der Waals surface area contributed by atoms with E-state index < -0.39 is 11.5 Å². The minimum Gasteiger partial charge on any atom is -0.493 e. The van der Waals surface area contributed by atoms with Crippen molar-refractivity contribution in [3.63, 3.8) is 0 Å². The van der Waals surface area contributed by atoms with Gasteiger partial charge in [0.2, 0.25) is 0 Å². The number of esters is 1. The van der Waals surface area contributed by atoms with Crippen molar-refractivity contribution in [2.45, 2.75) is 13.8 Å². The molecule has 0 atom stereocenters. The van der Waals surface area contributed by atoms with Crippen LogP contribution in [-0.4, -0.2) is 36.3 Å². The number of fused-ring (bicyclic) bond motifs is 1. The smallest absolute Gasteiger partial charge is 0.348 e. The number of carbonyl (C=O) groups is 1. The fourth-order valence-electron chi connectivity index (χ4n) is 2.87. The van der Waals surface area contributed by atoms with Gasteiger partial charge in [0, 0.05) is 0 Å². The van der Waals surface area contributed by atoms with Gasteiger partial charge in [-0.3, -0.25) is 4.79 Å². The minimum atomic E-state index is -0.489. The monoisotopic (exact) mass is 459 g/mol. The number of hydrogen-bond donors (Lipinski definition) is 1. The Kier molecular flexibility index (Phi) is 6.95. The number of nitrogens with zero attached hydrogens (tertiary/aromatic N) is 2. The Morgan fingerprint density at radius 3 is 2.84 bits per heavy atom. The van der Waals surface area contributed by atoms with Gasteiger partial charge in [0.05, 0.1) is 24.1 Å². The second kappa shape index (κ2) is 9.64. The zero-order valence-electron chi connectivity index (χ0n) is 16.9. The Morgan fingerprint density at radius 1 is 1.39 bits per heavy atom. The van der Waals surface area contributed by atoms with E-state index in [9.17, 15) is 9.59 Å². The van der Waals surface area contributed by atoms with E-state index in [2.05, 4.69) is 9.97 Å². The molecule has 0 aliphatic rings. The molecule has 8 nitrogen and oxygen atoms in total. The molecule has 0 saturated heterocycles. The van der Waals surface area contributed by atoms with E-state index in [1.165, 1.54) is 7.11 Å². The molecule has 0 radical (unpaired) electrons. The summed E-state index contributed by atoms with van der Waals surface area (Å²) < 4.78 is 15.6.